The summed E-state index contributed by atoms with van der Waals surface area (Å²) in [6.07, 6.45) is -0.564. The SMILES string of the molecule is CCCNC(CCCc1cccc(C(F)(F)F)c1)C(C)C. The summed E-state index contributed by atoms with van der Waals surface area (Å²) in [5.74, 6) is 0.540. The van der Waals surface area contributed by atoms with Crippen LogP contribution < -0.4 is 5.32 Å². The van der Waals surface area contributed by atoms with Crippen LogP contribution in [0.1, 0.15) is 51.2 Å². The van der Waals surface area contributed by atoms with E-state index in [1.165, 1.54) is 12.1 Å². The van der Waals surface area contributed by atoms with Gasteiger partial charge >= 0.3 is 6.18 Å². The minimum Gasteiger partial charge on any atom is -0.314 e. The molecule has 0 radical (unpaired) electrons. The molecule has 0 spiro atoms. The van der Waals surface area contributed by atoms with Crippen molar-refractivity contribution in [2.75, 3.05) is 6.54 Å². The van der Waals surface area contributed by atoms with Crippen LogP contribution in [0, 0.1) is 5.92 Å². The van der Waals surface area contributed by atoms with Gasteiger partial charge in [-0.15, -0.1) is 0 Å². The topological polar surface area (TPSA) is 12.0 Å². The van der Waals surface area contributed by atoms with Gasteiger partial charge in [0.2, 0.25) is 0 Å². The predicted octanol–water partition coefficient (Wildman–Crippen LogP) is 5.05. The Bertz CT molecular complexity index is 413. The van der Waals surface area contributed by atoms with Crippen molar-refractivity contribution in [3.05, 3.63) is 35.4 Å². The van der Waals surface area contributed by atoms with Crippen molar-refractivity contribution in [1.29, 1.82) is 0 Å². The lowest BCUT2D eigenvalue weighted by Gasteiger charge is -2.22. The second kappa shape index (κ2) is 8.42. The molecular weight excluding hydrogens is 275 g/mol. The summed E-state index contributed by atoms with van der Waals surface area (Å²) in [7, 11) is 0. The molecule has 0 saturated carbocycles. The summed E-state index contributed by atoms with van der Waals surface area (Å²) in [6, 6.07) is 6.11. The Kier molecular flexibility index (Phi) is 7.23. The van der Waals surface area contributed by atoms with Crippen molar-refractivity contribution in [2.24, 2.45) is 5.92 Å². The molecule has 1 rings (SSSR count). The van der Waals surface area contributed by atoms with Crippen LogP contribution in [0.5, 0.6) is 0 Å². The average Bonchev–Trinajstić information content (AvgIpc) is 2.41. The maximum atomic E-state index is 12.7. The second-order valence-electron chi connectivity index (χ2n) is 5.89. The van der Waals surface area contributed by atoms with Crippen molar-refractivity contribution < 1.29 is 13.2 Å². The van der Waals surface area contributed by atoms with E-state index in [2.05, 4.69) is 26.1 Å². The number of benzene rings is 1. The molecule has 1 aromatic carbocycles. The van der Waals surface area contributed by atoms with Crippen molar-refractivity contribution in [3.63, 3.8) is 0 Å². The van der Waals surface area contributed by atoms with E-state index in [1.54, 1.807) is 6.07 Å². The maximum Gasteiger partial charge on any atom is 0.416 e. The van der Waals surface area contributed by atoms with Gasteiger partial charge in [-0.2, -0.15) is 13.2 Å². The first kappa shape index (κ1) is 18.0. The fourth-order valence-electron chi connectivity index (χ4n) is 2.43. The highest BCUT2D eigenvalue weighted by atomic mass is 19.4. The number of rotatable bonds is 8. The fraction of sp³-hybridized carbons (Fsp3) is 0.647. The van der Waals surface area contributed by atoms with E-state index in [0.717, 1.165) is 37.4 Å². The number of hydrogen-bond donors (Lipinski definition) is 1. The highest BCUT2D eigenvalue weighted by molar-refractivity contribution is 5.25. The number of aryl methyl sites for hydroxylation is 1. The minimum absolute atomic E-state index is 0.441. The van der Waals surface area contributed by atoms with Crippen molar-refractivity contribution in [1.82, 2.24) is 5.32 Å². The molecule has 1 nitrogen and oxygen atoms in total. The maximum absolute atomic E-state index is 12.7. The van der Waals surface area contributed by atoms with Gasteiger partial charge in [-0.1, -0.05) is 39.0 Å². The van der Waals surface area contributed by atoms with Crippen LogP contribution >= 0.6 is 0 Å². The fourth-order valence-corrected chi connectivity index (χ4v) is 2.43. The quantitative estimate of drug-likeness (QED) is 0.708. The average molecular weight is 301 g/mol. The Morgan fingerprint density at radius 2 is 1.90 bits per heavy atom. The summed E-state index contributed by atoms with van der Waals surface area (Å²) in [5.41, 5.74) is 0.215. The Labute approximate surface area is 125 Å². The molecule has 0 heterocycles. The molecule has 0 aromatic heterocycles. The van der Waals surface area contributed by atoms with Gasteiger partial charge < -0.3 is 5.32 Å². The smallest absolute Gasteiger partial charge is 0.314 e. The number of halogens is 3. The summed E-state index contributed by atoms with van der Waals surface area (Å²) in [4.78, 5) is 0. The van der Waals surface area contributed by atoms with E-state index in [1.807, 2.05) is 0 Å². The zero-order valence-corrected chi connectivity index (χ0v) is 13.1. The van der Waals surface area contributed by atoms with Crippen molar-refractivity contribution >= 4 is 0 Å². The van der Waals surface area contributed by atoms with Gasteiger partial charge in [0.05, 0.1) is 5.56 Å². The first-order valence-corrected chi connectivity index (χ1v) is 7.74. The van der Waals surface area contributed by atoms with Crippen LogP contribution in [0.15, 0.2) is 24.3 Å². The van der Waals surface area contributed by atoms with Crippen LogP contribution in [0.25, 0.3) is 0 Å². The van der Waals surface area contributed by atoms with E-state index in [4.69, 9.17) is 0 Å². The van der Waals surface area contributed by atoms with Crippen LogP contribution in [-0.2, 0) is 12.6 Å². The minimum atomic E-state index is -4.25. The van der Waals surface area contributed by atoms with Crippen molar-refractivity contribution in [3.8, 4) is 0 Å². The number of nitrogens with one attached hydrogen (secondary N) is 1. The van der Waals surface area contributed by atoms with Gasteiger partial charge in [-0.3, -0.25) is 0 Å². The summed E-state index contributed by atoms with van der Waals surface area (Å²) >= 11 is 0. The largest absolute Gasteiger partial charge is 0.416 e. The van der Waals surface area contributed by atoms with Crippen LogP contribution in [0.4, 0.5) is 13.2 Å². The van der Waals surface area contributed by atoms with E-state index in [9.17, 15) is 13.2 Å². The van der Waals surface area contributed by atoms with Gasteiger partial charge in [0.15, 0.2) is 0 Å². The molecule has 0 saturated heterocycles. The molecule has 120 valence electrons. The Morgan fingerprint density at radius 1 is 1.19 bits per heavy atom. The third-order valence-corrected chi connectivity index (χ3v) is 3.70. The van der Waals surface area contributed by atoms with Crippen LogP contribution in [-0.4, -0.2) is 12.6 Å². The third-order valence-electron chi connectivity index (χ3n) is 3.70. The molecule has 1 atom stereocenters. The zero-order chi connectivity index (χ0) is 15.9. The lowest BCUT2D eigenvalue weighted by atomic mass is 9.96. The second-order valence-corrected chi connectivity index (χ2v) is 5.89. The molecule has 0 aliphatic carbocycles. The monoisotopic (exact) mass is 301 g/mol. The molecule has 0 amide bonds. The number of hydrogen-bond acceptors (Lipinski definition) is 1. The van der Waals surface area contributed by atoms with Gasteiger partial charge in [0, 0.05) is 6.04 Å². The Morgan fingerprint density at radius 3 is 2.48 bits per heavy atom. The molecule has 1 aromatic rings. The lowest BCUT2D eigenvalue weighted by molar-refractivity contribution is -0.137. The molecule has 21 heavy (non-hydrogen) atoms. The van der Waals surface area contributed by atoms with Crippen molar-refractivity contribution in [2.45, 2.75) is 58.7 Å². The molecule has 0 aliphatic rings. The highest BCUT2D eigenvalue weighted by Crippen LogP contribution is 2.29. The standard InChI is InChI=1S/C17H26F3N/c1-4-11-21-16(13(2)3)10-6-8-14-7-5-9-15(12-14)17(18,19)20/h5,7,9,12-13,16,21H,4,6,8,10-11H2,1-3H3. The van der Waals surface area contributed by atoms with Gasteiger partial charge in [-0.25, -0.2) is 0 Å². The summed E-state index contributed by atoms with van der Waals surface area (Å²) < 4.78 is 38.0. The molecule has 0 bridgehead atoms. The Hall–Kier alpha value is -1.03. The summed E-state index contributed by atoms with van der Waals surface area (Å²) in [5, 5.41) is 3.51. The van der Waals surface area contributed by atoms with Gasteiger partial charge in [-0.05, 0) is 49.8 Å². The highest BCUT2D eigenvalue weighted by Gasteiger charge is 2.30. The molecule has 1 unspecified atom stereocenters. The molecule has 0 fully saturated rings. The molecular formula is C17H26F3N. The van der Waals surface area contributed by atoms with Gasteiger partial charge in [0.1, 0.15) is 0 Å². The normalized spacial score (nSPS) is 13.7. The Balaban J connectivity index is 2.51. The van der Waals surface area contributed by atoms with Gasteiger partial charge in [0.25, 0.3) is 0 Å². The molecule has 0 aliphatic heterocycles. The van der Waals surface area contributed by atoms with E-state index >= 15 is 0 Å². The first-order valence-electron chi connectivity index (χ1n) is 7.74. The van der Waals surface area contributed by atoms with Crippen LogP contribution in [0.2, 0.25) is 0 Å². The summed E-state index contributed by atoms with van der Waals surface area (Å²) in [6.45, 7) is 7.48. The zero-order valence-electron chi connectivity index (χ0n) is 13.1. The first-order chi connectivity index (χ1) is 9.84. The molecule has 1 N–H and O–H groups in total. The van der Waals surface area contributed by atoms with E-state index in [-0.39, 0.29) is 0 Å². The third kappa shape index (κ3) is 6.51. The predicted molar refractivity (Wildman–Crippen MR) is 81.3 cm³/mol. The van der Waals surface area contributed by atoms with Crippen LogP contribution in [0.3, 0.4) is 0 Å². The molecule has 4 heteroatoms. The van der Waals surface area contributed by atoms with E-state index < -0.39 is 11.7 Å². The number of alkyl halides is 3. The lowest BCUT2D eigenvalue weighted by Crippen LogP contribution is -2.34. The van der Waals surface area contributed by atoms with E-state index in [0.29, 0.717) is 18.4 Å².